The lowest BCUT2D eigenvalue weighted by molar-refractivity contribution is -0.141. The number of furan rings is 1. The van der Waals surface area contributed by atoms with E-state index in [2.05, 4.69) is 12.1 Å². The van der Waals surface area contributed by atoms with Crippen molar-refractivity contribution < 1.29 is 18.7 Å². The van der Waals surface area contributed by atoms with Gasteiger partial charge in [-0.05, 0) is 54.7 Å². The fraction of sp³-hybridized carbons (Fsp3) is 0.391. The largest absolute Gasteiger partial charge is 0.469 e. The van der Waals surface area contributed by atoms with Gasteiger partial charge in [-0.1, -0.05) is 30.3 Å². The predicted molar refractivity (Wildman–Crippen MR) is 111 cm³/mol. The fourth-order valence-corrected chi connectivity index (χ4v) is 5.24. The molecule has 1 saturated carbocycles. The summed E-state index contributed by atoms with van der Waals surface area (Å²) in [5, 5.41) is 0.180. The summed E-state index contributed by atoms with van der Waals surface area (Å²) < 4.78 is 11.5. The van der Waals surface area contributed by atoms with E-state index in [0.717, 1.165) is 29.9 Å². The summed E-state index contributed by atoms with van der Waals surface area (Å²) in [4.78, 5) is 25.1. The molecule has 0 bridgehead atoms. The third-order valence-corrected chi connectivity index (χ3v) is 7.85. The molecular formula is C23H26O4S. The first-order valence-electron chi connectivity index (χ1n) is 9.72. The average molecular weight is 399 g/mol. The summed E-state index contributed by atoms with van der Waals surface area (Å²) in [6, 6.07) is 12.1. The van der Waals surface area contributed by atoms with E-state index in [-0.39, 0.29) is 17.0 Å². The van der Waals surface area contributed by atoms with Crippen LogP contribution in [0.1, 0.15) is 36.1 Å². The molecule has 0 radical (unpaired) electrons. The Bertz CT molecular complexity index is 919. The molecule has 148 valence electrons. The second-order valence-electron chi connectivity index (χ2n) is 8.14. The molecule has 4 rings (SSSR count). The zero-order valence-electron chi connectivity index (χ0n) is 16.4. The Labute approximate surface area is 167 Å². The molecule has 2 heterocycles. The molecule has 0 amide bonds. The molecule has 28 heavy (non-hydrogen) atoms. The summed E-state index contributed by atoms with van der Waals surface area (Å²) in [6.07, 6.45) is 9.40. The molecule has 1 aliphatic heterocycles. The van der Waals surface area contributed by atoms with Crippen LogP contribution in [-0.2, 0) is 27.2 Å². The number of carbonyl (C=O) groups is 2. The zero-order chi connectivity index (χ0) is 19.7. The number of hydrogen-bond donors (Lipinski definition) is 0. The van der Waals surface area contributed by atoms with Crippen LogP contribution in [0.15, 0.2) is 58.4 Å². The normalized spacial score (nSPS) is 21.4. The van der Waals surface area contributed by atoms with E-state index >= 15 is 0 Å². The van der Waals surface area contributed by atoms with Crippen LogP contribution >= 0.6 is 10.0 Å². The molecule has 1 aromatic heterocycles. The molecule has 1 aliphatic carbocycles. The molecule has 0 unspecified atom stereocenters. The molecule has 0 N–H and O–H groups in total. The van der Waals surface area contributed by atoms with Crippen molar-refractivity contribution in [2.75, 3.05) is 18.3 Å². The first kappa shape index (κ1) is 19.1. The third kappa shape index (κ3) is 4.25. The first-order valence-corrected chi connectivity index (χ1v) is 12.3. The molecule has 2 aliphatic rings. The molecular weight excluding hydrogens is 372 g/mol. The van der Waals surface area contributed by atoms with Crippen LogP contribution in [0.25, 0.3) is 0 Å². The SMILES string of the molecule is CS1(C)CC/C(=C(/Cc2coc(Cc3ccccc3)c2)OC(=O)C2CC2)C1=O. The van der Waals surface area contributed by atoms with Crippen LogP contribution in [0.5, 0.6) is 0 Å². The molecule has 0 atom stereocenters. The maximum absolute atomic E-state index is 12.8. The zero-order valence-corrected chi connectivity index (χ0v) is 17.2. The Morgan fingerprint density at radius 3 is 2.57 bits per heavy atom. The maximum atomic E-state index is 12.8. The smallest absolute Gasteiger partial charge is 0.314 e. The number of allylic oxidation sites excluding steroid dienone is 1. The minimum Gasteiger partial charge on any atom is -0.469 e. The van der Waals surface area contributed by atoms with Gasteiger partial charge in [-0.2, -0.15) is 10.0 Å². The van der Waals surface area contributed by atoms with Crippen LogP contribution in [-0.4, -0.2) is 29.3 Å². The molecule has 2 fully saturated rings. The number of carbonyl (C=O) groups excluding carboxylic acids is 2. The Kier molecular flexibility index (Phi) is 5.19. The number of benzene rings is 1. The van der Waals surface area contributed by atoms with Gasteiger partial charge in [0, 0.05) is 18.4 Å². The number of ether oxygens (including phenoxy) is 1. The molecule has 2 aromatic rings. The first-order chi connectivity index (χ1) is 13.4. The van der Waals surface area contributed by atoms with Gasteiger partial charge < -0.3 is 9.15 Å². The van der Waals surface area contributed by atoms with Gasteiger partial charge in [0.2, 0.25) is 5.12 Å². The van der Waals surface area contributed by atoms with Gasteiger partial charge in [-0.15, -0.1) is 0 Å². The minimum absolute atomic E-state index is 0.00505. The van der Waals surface area contributed by atoms with Gasteiger partial charge in [-0.3, -0.25) is 9.59 Å². The monoisotopic (exact) mass is 398 g/mol. The summed E-state index contributed by atoms with van der Waals surface area (Å²) in [7, 11) is -1.30. The van der Waals surface area contributed by atoms with E-state index in [1.54, 1.807) is 6.26 Å². The van der Waals surface area contributed by atoms with E-state index < -0.39 is 10.0 Å². The second kappa shape index (κ2) is 7.63. The quantitative estimate of drug-likeness (QED) is 0.405. The van der Waals surface area contributed by atoms with Crippen molar-refractivity contribution in [3.8, 4) is 0 Å². The van der Waals surface area contributed by atoms with Crippen molar-refractivity contribution in [3.05, 3.63) is 70.9 Å². The van der Waals surface area contributed by atoms with Crippen LogP contribution in [0.4, 0.5) is 0 Å². The predicted octanol–water partition coefficient (Wildman–Crippen LogP) is 4.61. The summed E-state index contributed by atoms with van der Waals surface area (Å²) in [5.41, 5.74) is 2.82. The molecule has 1 saturated heterocycles. The Morgan fingerprint density at radius 2 is 1.93 bits per heavy atom. The van der Waals surface area contributed by atoms with Crippen molar-refractivity contribution in [1.29, 1.82) is 0 Å². The van der Waals surface area contributed by atoms with Gasteiger partial charge in [-0.25, -0.2) is 0 Å². The highest BCUT2D eigenvalue weighted by molar-refractivity contribution is 8.44. The lowest BCUT2D eigenvalue weighted by Gasteiger charge is -2.21. The Morgan fingerprint density at radius 1 is 1.18 bits per heavy atom. The van der Waals surface area contributed by atoms with E-state index in [4.69, 9.17) is 9.15 Å². The topological polar surface area (TPSA) is 56.5 Å². The maximum Gasteiger partial charge on any atom is 0.314 e. The lowest BCUT2D eigenvalue weighted by Crippen LogP contribution is -2.13. The van der Waals surface area contributed by atoms with E-state index in [1.165, 1.54) is 5.56 Å². The molecule has 0 spiro atoms. The van der Waals surface area contributed by atoms with Crippen molar-refractivity contribution in [3.63, 3.8) is 0 Å². The molecule has 4 nitrogen and oxygen atoms in total. The van der Waals surface area contributed by atoms with Crippen molar-refractivity contribution >= 4 is 21.1 Å². The van der Waals surface area contributed by atoms with Crippen LogP contribution in [0.3, 0.4) is 0 Å². The number of rotatable bonds is 6. The summed E-state index contributed by atoms with van der Waals surface area (Å²) in [5.74, 6) is 2.08. The third-order valence-electron chi connectivity index (χ3n) is 5.38. The molecule has 5 heteroatoms. The Balaban J connectivity index is 1.54. The van der Waals surface area contributed by atoms with Gasteiger partial charge in [0.1, 0.15) is 11.5 Å². The Hall–Kier alpha value is -2.27. The van der Waals surface area contributed by atoms with E-state index in [1.807, 2.05) is 36.8 Å². The van der Waals surface area contributed by atoms with Crippen molar-refractivity contribution in [1.82, 2.24) is 0 Å². The fourth-order valence-electron chi connectivity index (χ4n) is 3.46. The van der Waals surface area contributed by atoms with Crippen molar-refractivity contribution in [2.45, 2.75) is 32.1 Å². The number of esters is 1. The van der Waals surface area contributed by atoms with Gasteiger partial charge >= 0.3 is 5.97 Å². The van der Waals surface area contributed by atoms with E-state index in [0.29, 0.717) is 30.6 Å². The van der Waals surface area contributed by atoms with Gasteiger partial charge in [0.05, 0.1) is 12.2 Å². The van der Waals surface area contributed by atoms with Crippen LogP contribution < -0.4 is 0 Å². The minimum atomic E-state index is -1.30. The highest BCUT2D eigenvalue weighted by Gasteiger charge is 2.37. The highest BCUT2D eigenvalue weighted by atomic mass is 32.3. The molecule has 1 aromatic carbocycles. The lowest BCUT2D eigenvalue weighted by atomic mass is 10.1. The van der Waals surface area contributed by atoms with Crippen LogP contribution in [0.2, 0.25) is 0 Å². The summed E-state index contributed by atoms with van der Waals surface area (Å²) in [6.45, 7) is 0. The number of hydrogen-bond acceptors (Lipinski definition) is 4. The van der Waals surface area contributed by atoms with Gasteiger partial charge in [0.15, 0.2) is 0 Å². The summed E-state index contributed by atoms with van der Waals surface area (Å²) >= 11 is 0. The average Bonchev–Trinajstić information content (AvgIpc) is 3.38. The van der Waals surface area contributed by atoms with Crippen molar-refractivity contribution in [2.24, 2.45) is 5.92 Å². The standard InChI is InChI=1S/C23H26O4S/c1-28(2)11-10-20(23(28)25)21(27-22(24)18-8-9-18)14-17-13-19(26-15-17)12-16-6-4-3-5-7-16/h3-7,13,15,18H,8-12,14H2,1-2H3/b21-20+. The second-order valence-corrected chi connectivity index (χ2v) is 12.0. The van der Waals surface area contributed by atoms with Crippen LogP contribution in [0, 0.1) is 5.92 Å². The van der Waals surface area contributed by atoms with Gasteiger partial charge in [0.25, 0.3) is 0 Å². The van der Waals surface area contributed by atoms with E-state index in [9.17, 15) is 9.59 Å². The highest BCUT2D eigenvalue weighted by Crippen LogP contribution is 2.51.